The molecule has 0 atom stereocenters. The SMILES string of the molecule is O=[N+]([O-])c1cc2cc-2c1.c1ccc(-c2ccsc2-c2ccccc2)cc1. The van der Waals surface area contributed by atoms with Gasteiger partial charge in [0.25, 0.3) is 5.69 Å². The van der Waals surface area contributed by atoms with E-state index in [0.29, 0.717) is 0 Å². The fourth-order valence-corrected chi connectivity index (χ4v) is 3.74. The molecule has 2 aromatic carbocycles. The predicted molar refractivity (Wildman–Crippen MR) is 107 cm³/mol. The molecule has 0 fully saturated rings. The summed E-state index contributed by atoms with van der Waals surface area (Å²) in [5.74, 6) is 0. The van der Waals surface area contributed by atoms with E-state index in [1.807, 2.05) is 6.07 Å². The van der Waals surface area contributed by atoms with Crippen LogP contribution < -0.4 is 0 Å². The molecule has 5 rings (SSSR count). The van der Waals surface area contributed by atoms with Gasteiger partial charge < -0.3 is 0 Å². The number of nitro groups is 1. The van der Waals surface area contributed by atoms with Gasteiger partial charge in [-0.3, -0.25) is 10.1 Å². The zero-order chi connectivity index (χ0) is 17.9. The second kappa shape index (κ2) is 6.94. The third-order valence-electron chi connectivity index (χ3n) is 4.16. The molecule has 0 spiro atoms. The highest BCUT2D eigenvalue weighted by Gasteiger charge is 2.19. The fraction of sp³-hybridized carbons (Fsp3) is 0. The fourth-order valence-electron chi connectivity index (χ4n) is 2.81. The third kappa shape index (κ3) is 3.41. The van der Waals surface area contributed by atoms with Crippen LogP contribution in [0.25, 0.3) is 32.7 Å². The first-order chi connectivity index (χ1) is 12.7. The molecule has 4 heteroatoms. The second-order valence-corrected chi connectivity index (χ2v) is 6.84. The van der Waals surface area contributed by atoms with Crippen molar-refractivity contribution in [3.8, 4) is 32.7 Å². The predicted octanol–water partition coefficient (Wildman–Crippen LogP) is 6.66. The van der Waals surface area contributed by atoms with E-state index >= 15 is 0 Å². The summed E-state index contributed by atoms with van der Waals surface area (Å²) >= 11 is 1.80. The van der Waals surface area contributed by atoms with Gasteiger partial charge in [-0.15, -0.1) is 11.3 Å². The molecular weight excluding hydrogens is 342 g/mol. The van der Waals surface area contributed by atoms with E-state index in [0.717, 1.165) is 11.1 Å². The highest BCUT2D eigenvalue weighted by Crippen LogP contribution is 2.39. The summed E-state index contributed by atoms with van der Waals surface area (Å²) in [6, 6.07) is 28.4. The van der Waals surface area contributed by atoms with Crippen molar-refractivity contribution in [3.05, 3.63) is 100 Å². The van der Waals surface area contributed by atoms with Crippen molar-refractivity contribution in [2.75, 3.05) is 0 Å². The van der Waals surface area contributed by atoms with Crippen LogP contribution in [0.5, 0.6) is 0 Å². The van der Waals surface area contributed by atoms with Crippen molar-refractivity contribution >= 4 is 17.0 Å². The molecule has 0 aliphatic heterocycles. The molecule has 0 N–H and O–H groups in total. The smallest absolute Gasteiger partial charge is 0.258 e. The molecule has 0 saturated heterocycles. The Balaban J connectivity index is 0.000000157. The standard InChI is InChI=1S/C16H12S.C6H3NO2/c1-3-7-13(8-4-1)15-11-12-17-16(15)14-9-5-2-6-10-14;8-7(9)6-2-4-1-5(4)3-6/h1-12H;1-3H. The van der Waals surface area contributed by atoms with Gasteiger partial charge in [0, 0.05) is 22.6 Å². The van der Waals surface area contributed by atoms with Gasteiger partial charge in [-0.05, 0) is 39.8 Å². The minimum absolute atomic E-state index is 0.211. The summed E-state index contributed by atoms with van der Waals surface area (Å²) in [4.78, 5) is 11.0. The molecule has 0 saturated carbocycles. The Bertz CT molecular complexity index is 982. The van der Waals surface area contributed by atoms with Crippen LogP contribution in [0.3, 0.4) is 0 Å². The molecule has 0 bridgehead atoms. The number of nitrogens with zero attached hydrogens (tertiary/aromatic N) is 1. The molecule has 2 aliphatic rings. The molecule has 0 unspecified atom stereocenters. The van der Waals surface area contributed by atoms with Gasteiger partial charge in [0.15, 0.2) is 0 Å². The molecular formula is C22H15NO2S. The van der Waals surface area contributed by atoms with Gasteiger partial charge in [-0.1, -0.05) is 60.7 Å². The lowest BCUT2D eigenvalue weighted by atomic mass is 10.0. The summed E-state index contributed by atoms with van der Waals surface area (Å²) in [7, 11) is 0. The number of nitro benzene ring substituents is 1. The van der Waals surface area contributed by atoms with Crippen LogP contribution in [0.4, 0.5) is 5.69 Å². The zero-order valence-electron chi connectivity index (χ0n) is 13.8. The van der Waals surface area contributed by atoms with Crippen LogP contribution in [-0.2, 0) is 0 Å². The maximum Gasteiger partial charge on any atom is 0.270 e. The number of thiophene rings is 1. The Morgan fingerprint density at radius 1 is 0.692 bits per heavy atom. The number of non-ortho nitro benzene ring substituents is 1. The summed E-state index contributed by atoms with van der Waals surface area (Å²) < 4.78 is 0. The molecule has 1 aromatic heterocycles. The summed E-state index contributed by atoms with van der Waals surface area (Å²) in [6.45, 7) is 0. The van der Waals surface area contributed by atoms with Gasteiger partial charge in [-0.2, -0.15) is 0 Å². The van der Waals surface area contributed by atoms with Gasteiger partial charge in [-0.25, -0.2) is 0 Å². The quantitative estimate of drug-likeness (QED) is 0.268. The van der Waals surface area contributed by atoms with Gasteiger partial charge in [0.2, 0.25) is 0 Å². The topological polar surface area (TPSA) is 43.1 Å². The molecule has 1 heterocycles. The molecule has 3 aromatic rings. The van der Waals surface area contributed by atoms with Crippen molar-refractivity contribution in [3.63, 3.8) is 0 Å². The van der Waals surface area contributed by atoms with Crippen molar-refractivity contribution in [1.29, 1.82) is 0 Å². The molecule has 0 radical (unpaired) electrons. The molecule has 126 valence electrons. The normalized spacial score (nSPS) is 10.6. The van der Waals surface area contributed by atoms with Crippen LogP contribution >= 0.6 is 11.3 Å². The van der Waals surface area contributed by atoms with Gasteiger partial charge in [0.05, 0.1) is 4.92 Å². The molecule has 0 amide bonds. The number of hydrogen-bond donors (Lipinski definition) is 0. The first-order valence-corrected chi connectivity index (χ1v) is 9.08. The Kier molecular flexibility index (Phi) is 4.33. The average Bonchev–Trinajstić information content (AvgIpc) is 3.10. The van der Waals surface area contributed by atoms with Crippen molar-refractivity contribution in [2.24, 2.45) is 0 Å². The van der Waals surface area contributed by atoms with Gasteiger partial charge >= 0.3 is 0 Å². The van der Waals surface area contributed by atoms with Gasteiger partial charge in [0.1, 0.15) is 0 Å². The lowest BCUT2D eigenvalue weighted by Crippen LogP contribution is -1.82. The Hall–Kier alpha value is -3.24. The monoisotopic (exact) mass is 357 g/mol. The van der Waals surface area contributed by atoms with Crippen LogP contribution in [-0.4, -0.2) is 4.92 Å². The van der Waals surface area contributed by atoms with E-state index in [1.165, 1.54) is 21.6 Å². The van der Waals surface area contributed by atoms with E-state index in [2.05, 4.69) is 72.1 Å². The third-order valence-corrected chi connectivity index (χ3v) is 5.13. The van der Waals surface area contributed by atoms with E-state index < -0.39 is 0 Å². The number of rotatable bonds is 3. The molecule has 2 aliphatic carbocycles. The summed E-state index contributed by atoms with van der Waals surface area (Å²) in [6.07, 6.45) is 0. The van der Waals surface area contributed by atoms with Crippen molar-refractivity contribution in [2.45, 2.75) is 0 Å². The minimum Gasteiger partial charge on any atom is -0.258 e. The molecule has 3 nitrogen and oxygen atoms in total. The lowest BCUT2D eigenvalue weighted by molar-refractivity contribution is -0.384. The highest BCUT2D eigenvalue weighted by molar-refractivity contribution is 7.14. The maximum atomic E-state index is 10.0. The van der Waals surface area contributed by atoms with E-state index in [4.69, 9.17) is 0 Å². The highest BCUT2D eigenvalue weighted by atomic mass is 32.1. The first-order valence-electron chi connectivity index (χ1n) is 8.20. The van der Waals surface area contributed by atoms with Crippen LogP contribution in [0.1, 0.15) is 0 Å². The lowest BCUT2D eigenvalue weighted by Gasteiger charge is -2.03. The summed E-state index contributed by atoms with van der Waals surface area (Å²) in [5, 5.41) is 12.2. The van der Waals surface area contributed by atoms with Crippen LogP contribution in [0.2, 0.25) is 0 Å². The number of hydrogen-bond acceptors (Lipinski definition) is 3. The largest absolute Gasteiger partial charge is 0.270 e. The average molecular weight is 357 g/mol. The van der Waals surface area contributed by atoms with E-state index in [9.17, 15) is 10.1 Å². The number of fused-ring (bicyclic) bond motifs is 1. The first kappa shape index (κ1) is 16.2. The van der Waals surface area contributed by atoms with Crippen molar-refractivity contribution < 1.29 is 4.92 Å². The second-order valence-electron chi connectivity index (χ2n) is 5.92. The Morgan fingerprint density at radius 2 is 1.27 bits per heavy atom. The van der Waals surface area contributed by atoms with Crippen molar-refractivity contribution in [1.82, 2.24) is 0 Å². The van der Waals surface area contributed by atoms with Crippen LogP contribution in [0, 0.1) is 10.1 Å². The maximum absolute atomic E-state index is 10.0. The van der Waals surface area contributed by atoms with E-state index in [-0.39, 0.29) is 10.6 Å². The Morgan fingerprint density at radius 3 is 1.81 bits per heavy atom. The van der Waals surface area contributed by atoms with E-state index in [1.54, 1.807) is 23.5 Å². The molecule has 26 heavy (non-hydrogen) atoms. The van der Waals surface area contributed by atoms with Crippen LogP contribution in [0.15, 0.2) is 90.3 Å². The number of benzene rings is 3. The zero-order valence-corrected chi connectivity index (χ0v) is 14.6. The minimum atomic E-state index is -0.375. The summed E-state index contributed by atoms with van der Waals surface area (Å²) in [5.41, 5.74) is 6.14. The Labute approximate surface area is 155 Å².